The van der Waals surface area contributed by atoms with Crippen LogP contribution in [0.3, 0.4) is 0 Å². The Balaban J connectivity index is 3.04. The first-order valence-electron chi connectivity index (χ1n) is 5.30. The maximum absolute atomic E-state index is 3.68. The van der Waals surface area contributed by atoms with Gasteiger partial charge in [-0.1, -0.05) is 27.2 Å². The highest BCUT2D eigenvalue weighted by molar-refractivity contribution is 9.11. The molecule has 0 fully saturated rings. The first-order valence-corrected chi connectivity index (χ1v) is 6.91. The van der Waals surface area contributed by atoms with Crippen molar-refractivity contribution in [2.24, 2.45) is 0 Å². The second kappa shape index (κ2) is 4.80. The molecule has 0 radical (unpaired) electrons. The van der Waals surface area contributed by atoms with E-state index in [4.69, 9.17) is 0 Å². The Hall–Kier alpha value is 0.180. The summed E-state index contributed by atoms with van der Waals surface area (Å²) < 4.78 is 1.33. The fourth-order valence-electron chi connectivity index (χ4n) is 1.95. The maximum Gasteiger partial charge on any atom is 0.0738 e. The van der Waals surface area contributed by atoms with Crippen LogP contribution >= 0.6 is 27.3 Å². The van der Waals surface area contributed by atoms with Crippen molar-refractivity contribution in [2.75, 3.05) is 0 Å². The number of thiophene rings is 1. The molecule has 2 heteroatoms. The van der Waals surface area contributed by atoms with Gasteiger partial charge in [0.15, 0.2) is 0 Å². The molecule has 1 atom stereocenters. The molecule has 1 heterocycles. The van der Waals surface area contributed by atoms with E-state index in [-0.39, 0.29) is 0 Å². The lowest BCUT2D eigenvalue weighted by atomic mass is 9.78. The molecule has 0 aliphatic rings. The van der Waals surface area contributed by atoms with Crippen molar-refractivity contribution in [1.82, 2.24) is 0 Å². The van der Waals surface area contributed by atoms with Crippen LogP contribution in [-0.2, 0) is 5.41 Å². The van der Waals surface area contributed by atoms with E-state index in [2.05, 4.69) is 49.7 Å². The molecule has 0 saturated carbocycles. The number of halogens is 1. The van der Waals surface area contributed by atoms with E-state index >= 15 is 0 Å². The summed E-state index contributed by atoms with van der Waals surface area (Å²) in [5.41, 5.74) is 1.86. The summed E-state index contributed by atoms with van der Waals surface area (Å²) >= 11 is 5.54. The highest BCUT2D eigenvalue weighted by Crippen LogP contribution is 2.41. The Kier molecular flexibility index (Phi) is 4.20. The summed E-state index contributed by atoms with van der Waals surface area (Å²) in [6, 6.07) is 2.34. The molecule has 0 N–H and O–H groups in total. The van der Waals surface area contributed by atoms with Crippen molar-refractivity contribution in [3.8, 4) is 0 Å². The molecule has 1 aromatic rings. The fourth-order valence-corrected chi connectivity index (χ4v) is 4.18. The van der Waals surface area contributed by atoms with Gasteiger partial charge in [-0.25, -0.2) is 0 Å². The van der Waals surface area contributed by atoms with Gasteiger partial charge in [-0.15, -0.1) is 11.3 Å². The zero-order valence-corrected chi connectivity index (χ0v) is 11.9. The van der Waals surface area contributed by atoms with Crippen LogP contribution < -0.4 is 0 Å². The highest BCUT2D eigenvalue weighted by atomic mass is 79.9. The van der Waals surface area contributed by atoms with Gasteiger partial charge in [0.05, 0.1) is 3.79 Å². The number of hydrogen-bond donors (Lipinski definition) is 0. The summed E-state index contributed by atoms with van der Waals surface area (Å²) in [5.74, 6) is 0. The molecule has 0 nitrogen and oxygen atoms in total. The van der Waals surface area contributed by atoms with Crippen LogP contribution in [0, 0.1) is 6.92 Å². The number of rotatable bonds is 4. The van der Waals surface area contributed by atoms with Crippen molar-refractivity contribution in [3.05, 3.63) is 20.3 Å². The molecule has 0 aromatic carbocycles. The second-order valence-corrected chi connectivity index (χ2v) is 6.78. The maximum atomic E-state index is 3.68. The van der Waals surface area contributed by atoms with Crippen molar-refractivity contribution >= 4 is 27.3 Å². The van der Waals surface area contributed by atoms with Crippen molar-refractivity contribution < 1.29 is 0 Å². The Bertz CT molecular complexity index is 303. The molecule has 1 rings (SSSR count). The van der Waals surface area contributed by atoms with E-state index in [1.54, 1.807) is 0 Å². The fraction of sp³-hybridized carbons (Fsp3) is 0.667. The predicted molar refractivity (Wildman–Crippen MR) is 69.3 cm³/mol. The Morgan fingerprint density at radius 2 is 2.07 bits per heavy atom. The van der Waals surface area contributed by atoms with Crippen LogP contribution in [0.5, 0.6) is 0 Å². The molecule has 0 aliphatic carbocycles. The first-order chi connectivity index (χ1) is 6.53. The van der Waals surface area contributed by atoms with E-state index in [0.29, 0.717) is 5.41 Å². The lowest BCUT2D eigenvalue weighted by Crippen LogP contribution is -2.20. The van der Waals surface area contributed by atoms with Crippen LogP contribution in [0.2, 0.25) is 0 Å². The third-order valence-electron chi connectivity index (χ3n) is 3.04. The molecule has 0 saturated heterocycles. The number of aryl methyl sites for hydroxylation is 1. The van der Waals surface area contributed by atoms with Crippen LogP contribution in [-0.4, -0.2) is 0 Å². The van der Waals surface area contributed by atoms with Crippen molar-refractivity contribution in [3.63, 3.8) is 0 Å². The second-order valence-electron chi connectivity index (χ2n) is 4.21. The van der Waals surface area contributed by atoms with E-state index in [0.717, 1.165) is 0 Å². The monoisotopic (exact) mass is 274 g/mol. The largest absolute Gasteiger partial charge is 0.133 e. The highest BCUT2D eigenvalue weighted by Gasteiger charge is 2.26. The predicted octanol–water partition coefficient (Wildman–Crippen LogP) is 5.29. The van der Waals surface area contributed by atoms with Crippen molar-refractivity contribution in [1.29, 1.82) is 0 Å². The van der Waals surface area contributed by atoms with Crippen LogP contribution in [0.4, 0.5) is 0 Å². The van der Waals surface area contributed by atoms with Gasteiger partial charge in [0.25, 0.3) is 0 Å². The van der Waals surface area contributed by atoms with Gasteiger partial charge in [0, 0.05) is 4.88 Å². The van der Waals surface area contributed by atoms with Gasteiger partial charge in [-0.05, 0) is 52.7 Å². The van der Waals surface area contributed by atoms with Gasteiger partial charge < -0.3 is 0 Å². The zero-order valence-electron chi connectivity index (χ0n) is 9.48. The third kappa shape index (κ3) is 2.40. The minimum absolute atomic E-state index is 0.359. The topological polar surface area (TPSA) is 0 Å². The zero-order chi connectivity index (χ0) is 10.8. The summed E-state index contributed by atoms with van der Waals surface area (Å²) in [6.07, 6.45) is 3.75. The first kappa shape index (κ1) is 12.3. The third-order valence-corrected chi connectivity index (χ3v) is 4.79. The van der Waals surface area contributed by atoms with Crippen LogP contribution in [0.25, 0.3) is 0 Å². The van der Waals surface area contributed by atoms with Gasteiger partial charge in [-0.3, -0.25) is 0 Å². The minimum atomic E-state index is 0.359. The van der Waals surface area contributed by atoms with Gasteiger partial charge in [0.1, 0.15) is 0 Å². The average molecular weight is 275 g/mol. The Morgan fingerprint density at radius 1 is 1.43 bits per heavy atom. The molecule has 0 bridgehead atoms. The summed E-state index contributed by atoms with van der Waals surface area (Å²) in [4.78, 5) is 1.41. The molecule has 1 unspecified atom stereocenters. The smallest absolute Gasteiger partial charge is 0.0738 e. The van der Waals surface area contributed by atoms with Gasteiger partial charge >= 0.3 is 0 Å². The molecule has 0 spiro atoms. The average Bonchev–Trinajstić information content (AvgIpc) is 2.46. The summed E-state index contributed by atoms with van der Waals surface area (Å²) in [5, 5.41) is 0. The van der Waals surface area contributed by atoms with E-state index in [1.807, 2.05) is 11.3 Å². The van der Waals surface area contributed by atoms with E-state index in [1.165, 1.54) is 33.5 Å². The summed E-state index contributed by atoms with van der Waals surface area (Å²) in [6.45, 7) is 9.11. The van der Waals surface area contributed by atoms with Crippen LogP contribution in [0.1, 0.15) is 50.5 Å². The lowest BCUT2D eigenvalue weighted by molar-refractivity contribution is 0.413. The number of hydrogen-bond acceptors (Lipinski definition) is 1. The van der Waals surface area contributed by atoms with E-state index in [9.17, 15) is 0 Å². The van der Waals surface area contributed by atoms with Crippen LogP contribution in [0.15, 0.2) is 9.85 Å². The molecule has 14 heavy (non-hydrogen) atoms. The van der Waals surface area contributed by atoms with Gasteiger partial charge in [0.2, 0.25) is 0 Å². The minimum Gasteiger partial charge on any atom is -0.133 e. The quantitative estimate of drug-likeness (QED) is 0.700. The standard InChI is InChI=1S/C12H19BrS/c1-5-7-12(4,6-2)10-8-9(3)14-11(10)13/h8H,5-7H2,1-4H3. The normalized spacial score (nSPS) is 15.5. The molecule has 0 amide bonds. The Labute approximate surface area is 99.9 Å². The molecule has 0 aliphatic heterocycles. The molecular weight excluding hydrogens is 256 g/mol. The SMILES string of the molecule is CCCC(C)(CC)c1cc(C)sc1Br. The molecule has 1 aromatic heterocycles. The van der Waals surface area contributed by atoms with Crippen molar-refractivity contribution in [2.45, 2.75) is 52.4 Å². The Morgan fingerprint density at radius 3 is 2.43 bits per heavy atom. The summed E-state index contributed by atoms with van der Waals surface area (Å²) in [7, 11) is 0. The lowest BCUT2D eigenvalue weighted by Gasteiger charge is -2.27. The van der Waals surface area contributed by atoms with E-state index < -0.39 is 0 Å². The molecular formula is C12H19BrS. The van der Waals surface area contributed by atoms with Gasteiger partial charge in [-0.2, -0.15) is 0 Å². The molecule has 80 valence electrons.